The monoisotopic (exact) mass is 229 g/mol. The van der Waals surface area contributed by atoms with Crippen molar-refractivity contribution in [2.75, 3.05) is 33.4 Å². The Morgan fingerprint density at radius 3 is 2.25 bits per heavy atom. The molecule has 0 aromatic rings. The Balaban J connectivity index is 0.00000128. The molecule has 1 saturated carbocycles. The smallest absolute Gasteiger partial charge is 0.0678 e. The van der Waals surface area contributed by atoms with E-state index in [4.69, 9.17) is 9.47 Å². The molecule has 1 aliphatic carbocycles. The molecule has 3 nitrogen and oxygen atoms in total. The van der Waals surface area contributed by atoms with E-state index in [2.05, 4.69) is 18.7 Å². The average Bonchev–Trinajstić information content (AvgIpc) is 2.83. The van der Waals surface area contributed by atoms with E-state index in [1.165, 1.54) is 19.4 Å². The minimum atomic E-state index is 0. The van der Waals surface area contributed by atoms with Crippen LogP contribution in [0.3, 0.4) is 0 Å². The van der Waals surface area contributed by atoms with Crippen molar-refractivity contribution in [3.63, 3.8) is 0 Å². The molecule has 2 fully saturated rings. The maximum atomic E-state index is 5.74. The standard InChI is InChI=1S/C12H23NO2.CH4/c1-10-6-13(7-11(2)15-10)8-12(4-5-12)9-14-3;/h10-11H,4-9H2,1-3H3;1H4/t10-,11+;. The normalized spacial score (nSPS) is 33.2. The summed E-state index contributed by atoms with van der Waals surface area (Å²) in [5.41, 5.74) is 0.478. The van der Waals surface area contributed by atoms with Gasteiger partial charge in [-0.3, -0.25) is 4.90 Å². The number of ether oxygens (including phenoxy) is 2. The van der Waals surface area contributed by atoms with E-state index in [-0.39, 0.29) is 7.43 Å². The SMILES string of the molecule is C.COCC1(CN2C[C@@H](C)O[C@@H](C)C2)CC1. The fourth-order valence-corrected chi connectivity index (χ4v) is 2.72. The fourth-order valence-electron chi connectivity index (χ4n) is 2.72. The fraction of sp³-hybridized carbons (Fsp3) is 1.00. The van der Waals surface area contributed by atoms with Gasteiger partial charge in [0, 0.05) is 32.2 Å². The second-order valence-corrected chi connectivity index (χ2v) is 5.38. The van der Waals surface area contributed by atoms with Crippen molar-refractivity contribution in [1.29, 1.82) is 0 Å². The minimum absolute atomic E-state index is 0. The number of rotatable bonds is 4. The summed E-state index contributed by atoms with van der Waals surface area (Å²) in [6.45, 7) is 8.61. The summed E-state index contributed by atoms with van der Waals surface area (Å²) in [7, 11) is 1.81. The highest BCUT2D eigenvalue weighted by molar-refractivity contribution is 4.96. The van der Waals surface area contributed by atoms with Crippen LogP contribution >= 0.6 is 0 Å². The second kappa shape index (κ2) is 5.48. The number of hydrogen-bond acceptors (Lipinski definition) is 3. The van der Waals surface area contributed by atoms with Gasteiger partial charge in [-0.25, -0.2) is 0 Å². The first-order chi connectivity index (χ1) is 7.13. The van der Waals surface area contributed by atoms with E-state index in [0.717, 1.165) is 19.7 Å². The molecule has 0 unspecified atom stereocenters. The van der Waals surface area contributed by atoms with Crippen molar-refractivity contribution in [2.45, 2.75) is 46.3 Å². The first-order valence-corrected chi connectivity index (χ1v) is 6.00. The van der Waals surface area contributed by atoms with Crippen LogP contribution in [0.1, 0.15) is 34.1 Å². The summed E-state index contributed by atoms with van der Waals surface area (Å²) in [5.74, 6) is 0. The molecule has 0 radical (unpaired) electrons. The third kappa shape index (κ3) is 3.44. The highest BCUT2D eigenvalue weighted by atomic mass is 16.5. The van der Waals surface area contributed by atoms with Gasteiger partial charge in [0.2, 0.25) is 0 Å². The summed E-state index contributed by atoms with van der Waals surface area (Å²) >= 11 is 0. The highest BCUT2D eigenvalue weighted by Gasteiger charge is 2.44. The number of hydrogen-bond donors (Lipinski definition) is 0. The zero-order valence-corrected chi connectivity index (χ0v) is 10.2. The van der Waals surface area contributed by atoms with E-state index >= 15 is 0 Å². The van der Waals surface area contributed by atoms with Crippen LogP contribution in [0.25, 0.3) is 0 Å². The molecule has 2 atom stereocenters. The molecule has 0 N–H and O–H groups in total. The summed E-state index contributed by atoms with van der Waals surface area (Å²) in [4.78, 5) is 2.55. The lowest BCUT2D eigenvalue weighted by molar-refractivity contribution is -0.0751. The summed E-state index contributed by atoms with van der Waals surface area (Å²) in [5, 5.41) is 0. The van der Waals surface area contributed by atoms with Gasteiger partial charge in [0.1, 0.15) is 0 Å². The van der Waals surface area contributed by atoms with Crippen LogP contribution in [0.4, 0.5) is 0 Å². The van der Waals surface area contributed by atoms with Gasteiger partial charge in [-0.1, -0.05) is 7.43 Å². The van der Waals surface area contributed by atoms with Gasteiger partial charge in [0.05, 0.1) is 18.8 Å². The first kappa shape index (κ1) is 13.9. The topological polar surface area (TPSA) is 21.7 Å². The van der Waals surface area contributed by atoms with Crippen molar-refractivity contribution >= 4 is 0 Å². The van der Waals surface area contributed by atoms with Crippen molar-refractivity contribution in [3.8, 4) is 0 Å². The quantitative estimate of drug-likeness (QED) is 0.737. The summed E-state index contributed by atoms with van der Waals surface area (Å²) in [6.07, 6.45) is 3.43. The van der Waals surface area contributed by atoms with Crippen LogP contribution < -0.4 is 0 Å². The Labute approximate surface area is 100 Å². The van der Waals surface area contributed by atoms with Crippen LogP contribution in [0.2, 0.25) is 0 Å². The number of nitrogens with zero attached hydrogens (tertiary/aromatic N) is 1. The molecule has 0 aromatic heterocycles. The van der Waals surface area contributed by atoms with Gasteiger partial charge in [0.25, 0.3) is 0 Å². The molecule has 1 heterocycles. The summed E-state index contributed by atoms with van der Waals surface area (Å²) < 4.78 is 11.0. The molecular formula is C13H27NO2. The Morgan fingerprint density at radius 2 is 1.81 bits per heavy atom. The van der Waals surface area contributed by atoms with Gasteiger partial charge >= 0.3 is 0 Å². The average molecular weight is 229 g/mol. The minimum Gasteiger partial charge on any atom is -0.384 e. The van der Waals surface area contributed by atoms with E-state index < -0.39 is 0 Å². The van der Waals surface area contributed by atoms with Crippen LogP contribution in [0.15, 0.2) is 0 Å². The number of methoxy groups -OCH3 is 1. The molecule has 16 heavy (non-hydrogen) atoms. The van der Waals surface area contributed by atoms with E-state index in [1.807, 2.05) is 7.11 Å². The summed E-state index contributed by atoms with van der Waals surface area (Å²) in [6, 6.07) is 0. The lowest BCUT2D eigenvalue weighted by Gasteiger charge is -2.37. The van der Waals surface area contributed by atoms with Crippen molar-refractivity contribution in [3.05, 3.63) is 0 Å². The zero-order valence-electron chi connectivity index (χ0n) is 10.2. The predicted octanol–water partition coefficient (Wildman–Crippen LogP) is 2.16. The predicted molar refractivity (Wildman–Crippen MR) is 66.7 cm³/mol. The third-order valence-electron chi connectivity index (χ3n) is 3.46. The van der Waals surface area contributed by atoms with E-state index in [0.29, 0.717) is 17.6 Å². The molecule has 1 saturated heterocycles. The molecule has 0 bridgehead atoms. The highest BCUT2D eigenvalue weighted by Crippen LogP contribution is 2.46. The van der Waals surface area contributed by atoms with Crippen molar-refractivity contribution < 1.29 is 9.47 Å². The third-order valence-corrected chi connectivity index (χ3v) is 3.46. The molecule has 2 aliphatic rings. The Hall–Kier alpha value is -0.120. The van der Waals surface area contributed by atoms with Gasteiger partial charge in [0.15, 0.2) is 0 Å². The molecule has 3 heteroatoms. The lowest BCUT2D eigenvalue weighted by Crippen LogP contribution is -2.47. The lowest BCUT2D eigenvalue weighted by atomic mass is 10.1. The van der Waals surface area contributed by atoms with Gasteiger partial charge in [-0.2, -0.15) is 0 Å². The maximum Gasteiger partial charge on any atom is 0.0678 e. The van der Waals surface area contributed by atoms with Crippen LogP contribution in [-0.2, 0) is 9.47 Å². The number of morpholine rings is 1. The molecule has 2 rings (SSSR count). The zero-order chi connectivity index (χ0) is 10.9. The maximum absolute atomic E-state index is 5.74. The molecule has 1 aliphatic heterocycles. The van der Waals surface area contributed by atoms with Gasteiger partial charge in [-0.05, 0) is 26.7 Å². The molecule has 0 amide bonds. The van der Waals surface area contributed by atoms with Crippen molar-refractivity contribution in [1.82, 2.24) is 4.90 Å². The second-order valence-electron chi connectivity index (χ2n) is 5.38. The van der Waals surface area contributed by atoms with Gasteiger partial charge < -0.3 is 9.47 Å². The Kier molecular flexibility index (Phi) is 4.77. The van der Waals surface area contributed by atoms with E-state index in [1.54, 1.807) is 0 Å². The van der Waals surface area contributed by atoms with Gasteiger partial charge in [-0.15, -0.1) is 0 Å². The van der Waals surface area contributed by atoms with Crippen LogP contribution in [0, 0.1) is 5.41 Å². The Morgan fingerprint density at radius 1 is 1.25 bits per heavy atom. The van der Waals surface area contributed by atoms with Crippen LogP contribution in [-0.4, -0.2) is 50.5 Å². The van der Waals surface area contributed by atoms with Crippen molar-refractivity contribution in [2.24, 2.45) is 5.41 Å². The molecule has 96 valence electrons. The Bertz CT molecular complexity index is 206. The van der Waals surface area contributed by atoms with Crippen LogP contribution in [0.5, 0.6) is 0 Å². The van der Waals surface area contributed by atoms with E-state index in [9.17, 15) is 0 Å². The molecule has 0 aromatic carbocycles. The molecular weight excluding hydrogens is 202 g/mol. The largest absolute Gasteiger partial charge is 0.384 e. The first-order valence-electron chi connectivity index (χ1n) is 6.00. The molecule has 0 spiro atoms.